The maximum Gasteiger partial charge on any atom is 0.460 e. The monoisotopic (exact) mass is 964 g/mol. The lowest BCUT2D eigenvalue weighted by molar-refractivity contribution is -0.358. The van der Waals surface area contributed by atoms with E-state index in [1.807, 2.05) is 0 Å². The van der Waals surface area contributed by atoms with E-state index in [0.717, 1.165) is 24.3 Å². The van der Waals surface area contributed by atoms with Crippen LogP contribution in [0.5, 0.6) is 17.2 Å². The number of benzene rings is 4. The molecule has 26 heteroatoms. The maximum atomic E-state index is 14.2. The highest BCUT2D eigenvalue weighted by atomic mass is 19.4. The zero-order valence-electron chi connectivity index (χ0n) is 30.9. The van der Waals surface area contributed by atoms with Crippen LogP contribution in [0, 0.1) is 0 Å². The van der Waals surface area contributed by atoms with E-state index in [1.165, 1.54) is 48.5 Å². The van der Waals surface area contributed by atoms with E-state index in [0.29, 0.717) is 34.4 Å². The Morgan fingerprint density at radius 3 is 0.844 bits per heavy atom. The summed E-state index contributed by atoms with van der Waals surface area (Å²) in [5, 5.41) is 0. The first kappa shape index (κ1) is 51.3. The predicted molar refractivity (Wildman–Crippen MR) is 177 cm³/mol. The number of ether oxygens (including phenoxy) is 3. The summed E-state index contributed by atoms with van der Waals surface area (Å²) in [7, 11) is 0. The van der Waals surface area contributed by atoms with Crippen molar-refractivity contribution in [2.24, 2.45) is 0 Å². The van der Waals surface area contributed by atoms with Gasteiger partial charge in [0, 0.05) is 6.07 Å². The lowest BCUT2D eigenvalue weighted by Gasteiger charge is -2.32. The van der Waals surface area contributed by atoms with E-state index in [1.54, 1.807) is 0 Å². The fourth-order valence-corrected chi connectivity index (χ4v) is 5.12. The van der Waals surface area contributed by atoms with Crippen molar-refractivity contribution in [3.05, 3.63) is 91.0 Å². The molecule has 0 aliphatic carbocycles. The maximum absolute atomic E-state index is 14.2. The summed E-state index contributed by atoms with van der Waals surface area (Å²) < 4.78 is 320. The molecule has 4 rings (SSSR count). The highest BCUT2D eigenvalue weighted by Crippen LogP contribution is 2.51. The third-order valence-electron chi connectivity index (χ3n) is 8.88. The Hall–Kier alpha value is -5.33. The third kappa shape index (κ3) is 9.98. The molecule has 0 spiro atoms. The molecule has 0 unspecified atom stereocenters. The largest absolute Gasteiger partial charge is 0.487 e. The summed E-state index contributed by atoms with van der Waals surface area (Å²) in [6.45, 7) is -8.00. The second-order valence-corrected chi connectivity index (χ2v) is 13.4. The van der Waals surface area contributed by atoms with Crippen LogP contribution in [0.4, 0.5) is 101 Å². The predicted octanol–water partition coefficient (Wildman–Crippen LogP) is 14.0. The Balaban J connectivity index is 1.59. The van der Waals surface area contributed by atoms with Gasteiger partial charge in [-0.05, 0) is 57.6 Å². The molecular formula is C38H23F23O3. The smallest absolute Gasteiger partial charge is 0.460 e. The van der Waals surface area contributed by atoms with Gasteiger partial charge in [0.25, 0.3) is 0 Å². The molecule has 0 radical (unpaired) electrons. The molecule has 354 valence electrons. The van der Waals surface area contributed by atoms with Crippen LogP contribution in [0.25, 0.3) is 33.4 Å². The fourth-order valence-electron chi connectivity index (χ4n) is 5.12. The minimum absolute atomic E-state index is 0.125. The number of hydrogen-bond donors (Lipinski definition) is 0. The molecule has 0 aliphatic heterocycles. The zero-order valence-corrected chi connectivity index (χ0v) is 30.9. The van der Waals surface area contributed by atoms with Crippen molar-refractivity contribution in [3.63, 3.8) is 0 Å². The zero-order chi connectivity index (χ0) is 48.7. The highest BCUT2D eigenvalue weighted by Gasteiger charge is 2.77. The summed E-state index contributed by atoms with van der Waals surface area (Å²) >= 11 is 0. The molecule has 64 heavy (non-hydrogen) atoms. The molecule has 0 atom stereocenters. The van der Waals surface area contributed by atoms with Gasteiger partial charge < -0.3 is 14.2 Å². The van der Waals surface area contributed by atoms with Crippen LogP contribution < -0.4 is 14.2 Å². The molecule has 0 heterocycles. The summed E-state index contributed by atoms with van der Waals surface area (Å²) in [6, 6.07) is 16.6. The molecule has 0 N–H and O–H groups in total. The molecule has 0 fully saturated rings. The average molecular weight is 965 g/mol. The van der Waals surface area contributed by atoms with Gasteiger partial charge in [0.2, 0.25) is 0 Å². The molecule has 0 amide bonds. The van der Waals surface area contributed by atoms with E-state index in [9.17, 15) is 101 Å². The number of rotatable bonds is 19. The average Bonchev–Trinajstić information content (AvgIpc) is 3.21. The summed E-state index contributed by atoms with van der Waals surface area (Å²) in [4.78, 5) is 0. The summed E-state index contributed by atoms with van der Waals surface area (Å²) in [6.07, 6.45) is -17.2. The minimum atomic E-state index is -6.79. The van der Waals surface area contributed by atoms with Crippen molar-refractivity contribution >= 4 is 0 Å². The standard InChI is InChI=1S/C38H23F23O3/c39-28(40)33(49,50)35(53,54)30(43,44)16-63-26-13-24(14-27(15-26)64-17-31(45,46)36(55,56)34(51,52)29(41)42)23-7-5-20(6-8-23)19-1-3-21(4-2-19)22-9-11-25(12-10-22)62-18-32(47,48)37(57,58)38(59,60)61/h1-15,28-29H,16-18H2. The molecule has 0 saturated carbocycles. The van der Waals surface area contributed by atoms with Gasteiger partial charge >= 0.3 is 66.4 Å². The molecule has 3 nitrogen and oxygen atoms in total. The van der Waals surface area contributed by atoms with E-state index in [-0.39, 0.29) is 11.6 Å². The summed E-state index contributed by atoms with van der Waals surface area (Å²) in [5.41, 5.74) is 0.920. The molecule has 4 aromatic rings. The third-order valence-corrected chi connectivity index (χ3v) is 8.88. The molecule has 0 saturated heterocycles. The van der Waals surface area contributed by atoms with Gasteiger partial charge in [-0.1, -0.05) is 60.7 Å². The van der Waals surface area contributed by atoms with Crippen molar-refractivity contribution in [2.75, 3.05) is 19.8 Å². The summed E-state index contributed by atoms with van der Waals surface area (Å²) in [5.74, 6) is -54.0. The van der Waals surface area contributed by atoms with Crippen LogP contribution in [0.15, 0.2) is 91.0 Å². The van der Waals surface area contributed by atoms with E-state index in [2.05, 4.69) is 14.2 Å². The fraction of sp³-hybridized carbons (Fsp3) is 0.368. The lowest BCUT2D eigenvalue weighted by Crippen LogP contribution is -2.59. The number of hydrogen-bond acceptors (Lipinski definition) is 3. The number of halogens is 23. The first-order valence-electron chi connectivity index (χ1n) is 17.0. The van der Waals surface area contributed by atoms with Crippen molar-refractivity contribution in [3.8, 4) is 50.6 Å². The van der Waals surface area contributed by atoms with Gasteiger partial charge in [-0.15, -0.1) is 0 Å². The Labute approximate surface area is 343 Å². The van der Waals surface area contributed by atoms with Crippen molar-refractivity contribution in [1.82, 2.24) is 0 Å². The van der Waals surface area contributed by atoms with Gasteiger partial charge in [0.05, 0.1) is 0 Å². The Morgan fingerprint density at radius 2 is 0.562 bits per heavy atom. The van der Waals surface area contributed by atoms with Crippen molar-refractivity contribution in [2.45, 2.75) is 66.4 Å². The Bertz CT molecular complexity index is 2120. The second-order valence-electron chi connectivity index (χ2n) is 13.4. The van der Waals surface area contributed by atoms with Crippen LogP contribution in [-0.2, 0) is 0 Å². The SMILES string of the molecule is FC(F)C(F)(F)C(F)(F)C(F)(F)COc1cc(OCC(F)(F)C(F)(F)C(F)(F)C(F)F)cc(-c2ccc(-c3ccc(-c4ccc(OCC(F)(F)C(F)(F)C(F)(F)F)cc4)cc3)cc2)c1. The van der Waals surface area contributed by atoms with Crippen molar-refractivity contribution < 1.29 is 115 Å². The molecule has 0 bridgehead atoms. The van der Waals surface area contributed by atoms with Crippen LogP contribution in [0.3, 0.4) is 0 Å². The Morgan fingerprint density at radius 1 is 0.312 bits per heavy atom. The molecule has 4 aromatic carbocycles. The van der Waals surface area contributed by atoms with Gasteiger partial charge in [-0.3, -0.25) is 0 Å². The first-order chi connectivity index (χ1) is 29.0. The van der Waals surface area contributed by atoms with Gasteiger partial charge in [-0.2, -0.15) is 83.4 Å². The lowest BCUT2D eigenvalue weighted by atomic mass is 9.98. The quantitative estimate of drug-likeness (QED) is 0.0877. The normalized spacial score (nSPS) is 14.0. The van der Waals surface area contributed by atoms with Crippen LogP contribution in [0.2, 0.25) is 0 Å². The molecule has 0 aromatic heterocycles. The van der Waals surface area contributed by atoms with Crippen LogP contribution in [0.1, 0.15) is 0 Å². The van der Waals surface area contributed by atoms with Crippen LogP contribution in [-0.4, -0.2) is 86.2 Å². The first-order valence-corrected chi connectivity index (χ1v) is 17.0. The van der Waals surface area contributed by atoms with E-state index < -0.39 is 109 Å². The minimum Gasteiger partial charge on any atom is -0.487 e. The molecular weight excluding hydrogens is 941 g/mol. The van der Waals surface area contributed by atoms with Gasteiger partial charge in [0.1, 0.15) is 17.2 Å². The van der Waals surface area contributed by atoms with E-state index in [4.69, 9.17) is 0 Å². The molecule has 0 aliphatic rings. The second kappa shape index (κ2) is 17.6. The van der Waals surface area contributed by atoms with Crippen LogP contribution >= 0.6 is 0 Å². The van der Waals surface area contributed by atoms with Crippen molar-refractivity contribution in [1.29, 1.82) is 0 Å². The Kier molecular flexibility index (Phi) is 14.1. The topological polar surface area (TPSA) is 27.7 Å². The number of alkyl halides is 23. The van der Waals surface area contributed by atoms with Gasteiger partial charge in [0.15, 0.2) is 19.8 Å². The van der Waals surface area contributed by atoms with E-state index >= 15 is 0 Å². The van der Waals surface area contributed by atoms with Gasteiger partial charge in [-0.25, -0.2) is 17.6 Å². The highest BCUT2D eigenvalue weighted by molar-refractivity contribution is 5.74.